The molecule has 2 heterocycles. The molecule has 1 amide bonds. The summed E-state index contributed by atoms with van der Waals surface area (Å²) < 4.78 is 1.76. The van der Waals surface area contributed by atoms with Crippen LogP contribution >= 0.6 is 0 Å². The van der Waals surface area contributed by atoms with Gasteiger partial charge in [0.05, 0.1) is 5.69 Å². The van der Waals surface area contributed by atoms with Gasteiger partial charge in [-0.3, -0.25) is 9.48 Å². The van der Waals surface area contributed by atoms with Crippen molar-refractivity contribution in [3.8, 4) is 0 Å². The maximum absolute atomic E-state index is 11.6. The van der Waals surface area contributed by atoms with Gasteiger partial charge in [0, 0.05) is 26.2 Å². The third kappa shape index (κ3) is 2.73. The average molecular weight is 265 g/mol. The van der Waals surface area contributed by atoms with Crippen molar-refractivity contribution in [3.63, 3.8) is 0 Å². The van der Waals surface area contributed by atoms with Gasteiger partial charge >= 0.3 is 0 Å². The van der Waals surface area contributed by atoms with Crippen molar-refractivity contribution < 1.29 is 4.79 Å². The fourth-order valence-corrected chi connectivity index (χ4v) is 2.84. The Morgan fingerprint density at radius 2 is 2.37 bits per heavy atom. The van der Waals surface area contributed by atoms with Gasteiger partial charge < -0.3 is 16.0 Å². The molecule has 1 aromatic rings. The molecule has 1 fully saturated rings. The Bertz CT molecular complexity index is 462. The third-order valence-electron chi connectivity index (χ3n) is 3.72. The van der Waals surface area contributed by atoms with Crippen molar-refractivity contribution in [2.75, 3.05) is 24.5 Å². The molecule has 0 radical (unpaired) electrons. The van der Waals surface area contributed by atoms with E-state index in [2.05, 4.69) is 22.2 Å². The summed E-state index contributed by atoms with van der Waals surface area (Å²) in [5, 5.41) is 7.81. The highest BCUT2D eigenvalue weighted by Crippen LogP contribution is 2.23. The SMILES string of the molecule is CCN(CC1CCCN1)c1c(C(N)=O)c(C)nn1C. The number of aromatic nitrogens is 2. The minimum absolute atomic E-state index is 0.404. The number of nitrogens with two attached hydrogens (primary N) is 1. The number of nitrogens with one attached hydrogen (secondary N) is 1. The van der Waals surface area contributed by atoms with E-state index in [1.165, 1.54) is 12.8 Å². The van der Waals surface area contributed by atoms with E-state index in [4.69, 9.17) is 5.73 Å². The average Bonchev–Trinajstić information content (AvgIpc) is 2.93. The van der Waals surface area contributed by atoms with Gasteiger partial charge in [-0.25, -0.2) is 0 Å². The van der Waals surface area contributed by atoms with E-state index in [0.29, 0.717) is 17.3 Å². The topological polar surface area (TPSA) is 76.2 Å². The van der Waals surface area contributed by atoms with Gasteiger partial charge in [0.1, 0.15) is 11.4 Å². The summed E-state index contributed by atoms with van der Waals surface area (Å²) in [4.78, 5) is 13.8. The number of nitrogens with zero attached hydrogens (tertiary/aromatic N) is 3. The highest BCUT2D eigenvalue weighted by Gasteiger charge is 2.25. The molecule has 0 aliphatic carbocycles. The van der Waals surface area contributed by atoms with Gasteiger partial charge in [0.2, 0.25) is 0 Å². The molecule has 106 valence electrons. The van der Waals surface area contributed by atoms with Crippen molar-refractivity contribution in [2.45, 2.75) is 32.7 Å². The summed E-state index contributed by atoms with van der Waals surface area (Å²) in [5.74, 6) is 0.430. The third-order valence-corrected chi connectivity index (χ3v) is 3.72. The van der Waals surface area contributed by atoms with Crippen LogP contribution in [0.3, 0.4) is 0 Å². The molecule has 6 nitrogen and oxygen atoms in total. The van der Waals surface area contributed by atoms with Crippen LogP contribution in [-0.4, -0.2) is 41.4 Å². The van der Waals surface area contributed by atoms with Crippen molar-refractivity contribution >= 4 is 11.7 Å². The number of likely N-dealkylation sites (N-methyl/N-ethyl adjacent to an activating group) is 1. The molecule has 1 aromatic heterocycles. The molecule has 0 bridgehead atoms. The Kier molecular flexibility index (Phi) is 4.09. The minimum atomic E-state index is -0.404. The first-order chi connectivity index (χ1) is 9.04. The minimum Gasteiger partial charge on any atom is -0.365 e. The van der Waals surface area contributed by atoms with Gasteiger partial charge in [0.25, 0.3) is 5.91 Å². The lowest BCUT2D eigenvalue weighted by atomic mass is 10.2. The van der Waals surface area contributed by atoms with E-state index in [-0.39, 0.29) is 0 Å². The van der Waals surface area contributed by atoms with E-state index in [9.17, 15) is 4.79 Å². The Labute approximate surface area is 113 Å². The summed E-state index contributed by atoms with van der Waals surface area (Å²) in [6.45, 7) is 6.70. The molecule has 19 heavy (non-hydrogen) atoms. The molecule has 0 saturated carbocycles. The second kappa shape index (κ2) is 5.61. The molecule has 1 aliphatic rings. The molecule has 0 spiro atoms. The first-order valence-electron chi connectivity index (χ1n) is 6.86. The van der Waals surface area contributed by atoms with Crippen molar-refractivity contribution in [1.29, 1.82) is 0 Å². The molecule has 6 heteroatoms. The molecule has 3 N–H and O–H groups in total. The number of anilines is 1. The van der Waals surface area contributed by atoms with E-state index < -0.39 is 5.91 Å². The predicted octanol–water partition coefficient (Wildman–Crippen LogP) is 0.406. The normalized spacial score (nSPS) is 18.8. The van der Waals surface area contributed by atoms with Crippen LogP contribution in [0, 0.1) is 6.92 Å². The summed E-state index contributed by atoms with van der Waals surface area (Å²) in [6, 6.07) is 0.482. The molecular formula is C13H23N5O. The van der Waals surface area contributed by atoms with Gasteiger partial charge in [0.15, 0.2) is 0 Å². The van der Waals surface area contributed by atoms with Crippen molar-refractivity contribution in [3.05, 3.63) is 11.3 Å². The van der Waals surface area contributed by atoms with Gasteiger partial charge in [-0.2, -0.15) is 5.10 Å². The zero-order chi connectivity index (χ0) is 14.0. The lowest BCUT2D eigenvalue weighted by Gasteiger charge is -2.27. The lowest BCUT2D eigenvalue weighted by Crippen LogP contribution is -2.39. The van der Waals surface area contributed by atoms with E-state index in [0.717, 1.165) is 25.5 Å². The summed E-state index contributed by atoms with van der Waals surface area (Å²) in [6.07, 6.45) is 2.40. The van der Waals surface area contributed by atoms with Crippen LogP contribution in [0.25, 0.3) is 0 Å². The van der Waals surface area contributed by atoms with Crippen LogP contribution in [0.5, 0.6) is 0 Å². The number of carbonyl (C=O) groups excluding carboxylic acids is 1. The molecule has 1 unspecified atom stereocenters. The Hall–Kier alpha value is -1.56. The van der Waals surface area contributed by atoms with Crippen molar-refractivity contribution in [2.24, 2.45) is 12.8 Å². The van der Waals surface area contributed by atoms with E-state index in [1.54, 1.807) is 4.68 Å². The van der Waals surface area contributed by atoms with Crippen LogP contribution in [0.1, 0.15) is 35.8 Å². The monoisotopic (exact) mass is 265 g/mol. The summed E-state index contributed by atoms with van der Waals surface area (Å²) in [5.41, 5.74) is 6.74. The smallest absolute Gasteiger partial charge is 0.254 e. The van der Waals surface area contributed by atoms with E-state index >= 15 is 0 Å². The lowest BCUT2D eigenvalue weighted by molar-refractivity contribution is 0.1000. The second-order valence-corrected chi connectivity index (χ2v) is 5.10. The molecular weight excluding hydrogens is 242 g/mol. The Morgan fingerprint density at radius 1 is 1.63 bits per heavy atom. The number of amides is 1. The molecule has 1 atom stereocenters. The number of hydrogen-bond donors (Lipinski definition) is 2. The molecule has 0 aromatic carbocycles. The zero-order valence-corrected chi connectivity index (χ0v) is 11.9. The number of rotatable bonds is 5. The van der Waals surface area contributed by atoms with Crippen LogP contribution < -0.4 is 16.0 Å². The van der Waals surface area contributed by atoms with Gasteiger partial charge in [-0.05, 0) is 33.2 Å². The number of aryl methyl sites for hydroxylation is 2. The predicted molar refractivity (Wildman–Crippen MR) is 75.4 cm³/mol. The fourth-order valence-electron chi connectivity index (χ4n) is 2.84. The molecule has 2 rings (SSSR count). The van der Waals surface area contributed by atoms with Crippen molar-refractivity contribution in [1.82, 2.24) is 15.1 Å². The van der Waals surface area contributed by atoms with Crippen LogP contribution in [0.4, 0.5) is 5.82 Å². The summed E-state index contributed by atoms with van der Waals surface area (Å²) >= 11 is 0. The standard InChI is InChI=1S/C13H23N5O/c1-4-18(8-10-6-5-7-15-10)13-11(12(14)19)9(2)16-17(13)3/h10,15H,4-8H2,1-3H3,(H2,14,19). The second-order valence-electron chi connectivity index (χ2n) is 5.10. The van der Waals surface area contributed by atoms with Gasteiger partial charge in [-0.1, -0.05) is 0 Å². The Morgan fingerprint density at radius 3 is 2.89 bits per heavy atom. The van der Waals surface area contributed by atoms with Gasteiger partial charge in [-0.15, -0.1) is 0 Å². The maximum Gasteiger partial charge on any atom is 0.254 e. The first kappa shape index (κ1) is 13.9. The Balaban J connectivity index is 2.28. The number of primary amides is 1. The first-order valence-corrected chi connectivity index (χ1v) is 6.86. The zero-order valence-electron chi connectivity index (χ0n) is 11.9. The highest BCUT2D eigenvalue weighted by molar-refractivity contribution is 5.99. The van der Waals surface area contributed by atoms with Crippen LogP contribution in [0.15, 0.2) is 0 Å². The van der Waals surface area contributed by atoms with Crippen LogP contribution in [0.2, 0.25) is 0 Å². The quantitative estimate of drug-likeness (QED) is 0.808. The number of carbonyl (C=O) groups is 1. The summed E-state index contributed by atoms with van der Waals surface area (Å²) in [7, 11) is 1.86. The fraction of sp³-hybridized carbons (Fsp3) is 0.692. The largest absolute Gasteiger partial charge is 0.365 e. The molecule has 1 saturated heterocycles. The number of hydrogen-bond acceptors (Lipinski definition) is 4. The maximum atomic E-state index is 11.6. The van der Waals surface area contributed by atoms with E-state index in [1.807, 2.05) is 14.0 Å². The van der Waals surface area contributed by atoms with Crippen LogP contribution in [-0.2, 0) is 7.05 Å². The highest BCUT2D eigenvalue weighted by atomic mass is 16.1. The molecule has 1 aliphatic heterocycles.